The van der Waals surface area contributed by atoms with Gasteiger partial charge in [-0.1, -0.05) is 0 Å². The number of carbonyl (C=O) groups excluding carboxylic acids is 1. The molecule has 1 aromatic carbocycles. The van der Waals surface area contributed by atoms with Gasteiger partial charge < -0.3 is 19.5 Å². The molecular formula is C17H20F3NO4. The van der Waals surface area contributed by atoms with E-state index in [9.17, 15) is 23.1 Å². The number of benzene rings is 1. The molecule has 0 aliphatic carbocycles. The van der Waals surface area contributed by atoms with Gasteiger partial charge in [0.1, 0.15) is 23.2 Å². The average Bonchev–Trinajstić information content (AvgIpc) is 2.91. The summed E-state index contributed by atoms with van der Waals surface area (Å²) in [6.45, 7) is 2.50. The minimum atomic E-state index is -4.45. The van der Waals surface area contributed by atoms with Crippen molar-refractivity contribution in [2.45, 2.75) is 50.6 Å². The first-order valence-electron chi connectivity index (χ1n) is 8.08. The number of halogens is 3. The molecule has 8 heteroatoms. The van der Waals surface area contributed by atoms with Gasteiger partial charge in [0.25, 0.3) is 0 Å². The van der Waals surface area contributed by atoms with E-state index in [0.29, 0.717) is 30.7 Å². The van der Waals surface area contributed by atoms with E-state index in [0.717, 1.165) is 0 Å². The van der Waals surface area contributed by atoms with Crippen LogP contribution in [0.4, 0.5) is 13.2 Å². The molecule has 0 radical (unpaired) electrons. The third kappa shape index (κ3) is 3.53. The summed E-state index contributed by atoms with van der Waals surface area (Å²) in [4.78, 5) is 13.7. The first-order chi connectivity index (χ1) is 11.6. The number of fused-ring (bicyclic) bond motifs is 1. The zero-order valence-electron chi connectivity index (χ0n) is 14.0. The van der Waals surface area contributed by atoms with Crippen molar-refractivity contribution in [3.05, 3.63) is 23.8 Å². The summed E-state index contributed by atoms with van der Waals surface area (Å²) in [5.41, 5.74) is -0.476. The van der Waals surface area contributed by atoms with Crippen LogP contribution in [-0.2, 0) is 4.79 Å². The highest BCUT2D eigenvalue weighted by Gasteiger charge is 2.47. The number of likely N-dealkylation sites (tertiary alicyclic amines) is 1. The highest BCUT2D eigenvalue weighted by atomic mass is 19.4. The van der Waals surface area contributed by atoms with Gasteiger partial charge in [0.2, 0.25) is 5.91 Å². The Hall–Kier alpha value is -1.96. The van der Waals surface area contributed by atoms with Crippen LogP contribution in [0.15, 0.2) is 18.2 Å². The summed E-state index contributed by atoms with van der Waals surface area (Å²) in [7, 11) is 0. The van der Waals surface area contributed by atoms with Gasteiger partial charge in [-0.15, -0.1) is 0 Å². The predicted molar refractivity (Wildman–Crippen MR) is 82.4 cm³/mol. The highest BCUT2D eigenvalue weighted by Crippen LogP contribution is 2.45. The van der Waals surface area contributed by atoms with Crippen molar-refractivity contribution in [2.24, 2.45) is 0 Å². The molecule has 0 unspecified atom stereocenters. The van der Waals surface area contributed by atoms with E-state index in [1.165, 1.54) is 18.2 Å². The molecule has 2 aliphatic heterocycles. The Bertz CT molecular complexity index is 674. The average molecular weight is 359 g/mol. The maximum absolute atomic E-state index is 12.4. The number of ether oxygens (including phenoxy) is 2. The minimum Gasteiger partial charge on any atom is -0.485 e. The number of hydrogen-bond acceptors (Lipinski definition) is 4. The molecule has 0 saturated carbocycles. The van der Waals surface area contributed by atoms with E-state index < -0.39 is 30.5 Å². The van der Waals surface area contributed by atoms with Gasteiger partial charge in [-0.05, 0) is 38.5 Å². The third-order valence-corrected chi connectivity index (χ3v) is 4.53. The van der Waals surface area contributed by atoms with Crippen LogP contribution in [0.25, 0.3) is 0 Å². The van der Waals surface area contributed by atoms with Gasteiger partial charge in [-0.3, -0.25) is 4.79 Å². The third-order valence-electron chi connectivity index (χ3n) is 4.53. The molecule has 0 spiro atoms. The summed E-state index contributed by atoms with van der Waals surface area (Å²) < 4.78 is 47.7. The van der Waals surface area contributed by atoms with Crippen LogP contribution in [0.3, 0.4) is 0 Å². The van der Waals surface area contributed by atoms with Crippen molar-refractivity contribution in [1.82, 2.24) is 4.90 Å². The zero-order valence-corrected chi connectivity index (χ0v) is 14.0. The topological polar surface area (TPSA) is 59.0 Å². The van der Waals surface area contributed by atoms with Gasteiger partial charge in [-0.2, -0.15) is 13.2 Å². The van der Waals surface area contributed by atoms with Crippen molar-refractivity contribution in [1.29, 1.82) is 0 Å². The number of aliphatic hydroxyl groups excluding tert-OH is 1. The van der Waals surface area contributed by atoms with Crippen LogP contribution in [0.2, 0.25) is 0 Å². The van der Waals surface area contributed by atoms with Crippen LogP contribution in [0.5, 0.6) is 11.5 Å². The van der Waals surface area contributed by atoms with Crippen molar-refractivity contribution >= 4 is 5.91 Å². The molecule has 2 aliphatic rings. The van der Waals surface area contributed by atoms with Crippen LogP contribution in [0, 0.1) is 0 Å². The van der Waals surface area contributed by atoms with Crippen LogP contribution < -0.4 is 9.47 Å². The molecule has 1 fully saturated rings. The minimum absolute atomic E-state index is 0.0169. The number of carbonyl (C=O) groups is 1. The molecule has 1 saturated heterocycles. The summed E-state index contributed by atoms with van der Waals surface area (Å²) in [6.07, 6.45) is -4.38. The summed E-state index contributed by atoms with van der Waals surface area (Å²) in [6, 6.07) is 3.64. The normalized spacial score (nSPS) is 25.5. The Kier molecular flexibility index (Phi) is 4.35. The number of alkyl halides is 3. The van der Waals surface area contributed by atoms with Crippen molar-refractivity contribution in [3.8, 4) is 11.5 Å². The Labute approximate surface area is 143 Å². The molecule has 0 aromatic heterocycles. The molecule has 138 valence electrons. The number of hydrogen-bond donors (Lipinski definition) is 1. The second kappa shape index (κ2) is 6.09. The lowest BCUT2D eigenvalue weighted by Gasteiger charge is -2.45. The Morgan fingerprint density at radius 1 is 1.40 bits per heavy atom. The van der Waals surface area contributed by atoms with Gasteiger partial charge >= 0.3 is 6.18 Å². The molecule has 1 N–H and O–H groups in total. The molecular weight excluding hydrogens is 339 g/mol. The molecule has 3 rings (SSSR count). The predicted octanol–water partition coefficient (Wildman–Crippen LogP) is 2.82. The fourth-order valence-corrected chi connectivity index (χ4v) is 3.30. The number of nitrogens with zero attached hydrogens (tertiary/aromatic N) is 1. The van der Waals surface area contributed by atoms with E-state index in [4.69, 9.17) is 9.47 Å². The quantitative estimate of drug-likeness (QED) is 0.902. The van der Waals surface area contributed by atoms with Gasteiger partial charge in [0.15, 0.2) is 6.61 Å². The van der Waals surface area contributed by atoms with E-state index >= 15 is 0 Å². The van der Waals surface area contributed by atoms with Crippen LogP contribution in [-0.4, -0.2) is 46.9 Å². The fourth-order valence-electron chi connectivity index (χ4n) is 3.30. The largest absolute Gasteiger partial charge is 0.485 e. The lowest BCUT2D eigenvalue weighted by Crippen LogP contribution is -2.53. The molecule has 5 nitrogen and oxygen atoms in total. The zero-order chi connectivity index (χ0) is 18.4. The smallest absolute Gasteiger partial charge is 0.422 e. The monoisotopic (exact) mass is 359 g/mol. The molecule has 1 amide bonds. The van der Waals surface area contributed by atoms with Crippen molar-refractivity contribution < 1.29 is 32.5 Å². The van der Waals surface area contributed by atoms with Gasteiger partial charge in [0.05, 0.1) is 6.04 Å². The lowest BCUT2D eigenvalue weighted by molar-refractivity contribution is -0.153. The van der Waals surface area contributed by atoms with E-state index in [1.807, 2.05) is 0 Å². The van der Waals surface area contributed by atoms with Crippen LogP contribution in [0.1, 0.15) is 38.3 Å². The van der Waals surface area contributed by atoms with Gasteiger partial charge in [0, 0.05) is 18.5 Å². The fraction of sp³-hybridized carbons (Fsp3) is 0.588. The summed E-state index contributed by atoms with van der Waals surface area (Å²) in [5, 5.41) is 10.7. The summed E-state index contributed by atoms with van der Waals surface area (Å²) >= 11 is 0. The molecule has 2 heterocycles. The second-order valence-electron chi connectivity index (χ2n) is 6.89. The first kappa shape index (κ1) is 17.8. The first-order valence-corrected chi connectivity index (χ1v) is 8.08. The molecule has 1 aromatic rings. The molecule has 2 atom stereocenters. The Balaban J connectivity index is 1.97. The maximum atomic E-state index is 12.4. The highest BCUT2D eigenvalue weighted by molar-refractivity contribution is 5.79. The molecule has 25 heavy (non-hydrogen) atoms. The van der Waals surface area contributed by atoms with Crippen molar-refractivity contribution in [2.75, 3.05) is 13.2 Å². The van der Waals surface area contributed by atoms with Crippen LogP contribution >= 0.6 is 0 Å². The second-order valence-corrected chi connectivity index (χ2v) is 6.89. The van der Waals surface area contributed by atoms with E-state index in [1.54, 1.807) is 18.7 Å². The van der Waals surface area contributed by atoms with E-state index in [2.05, 4.69) is 0 Å². The Morgan fingerprint density at radius 3 is 2.72 bits per heavy atom. The number of rotatable bonds is 3. The summed E-state index contributed by atoms with van der Waals surface area (Å²) in [5.74, 6) is 0.358. The molecule has 0 bridgehead atoms. The SMILES string of the molecule is CC1(C)Oc2ccc(OCC(F)(F)F)cc2[C@H](N2CCCC2=O)[C@H]1O. The van der Waals surface area contributed by atoms with E-state index in [-0.39, 0.29) is 11.7 Å². The van der Waals surface area contributed by atoms with Crippen molar-refractivity contribution in [3.63, 3.8) is 0 Å². The Morgan fingerprint density at radius 2 is 2.12 bits per heavy atom. The standard InChI is InChI=1S/C17H20F3NO4/c1-16(2)15(23)14(21-7-3-4-13(21)22)11-8-10(5-6-12(11)25-16)24-9-17(18,19)20/h5-6,8,14-15,23H,3-4,7,9H2,1-2H3/t14-,15+/m0/s1. The van der Waals surface area contributed by atoms with Gasteiger partial charge in [-0.25, -0.2) is 0 Å². The number of amides is 1. The maximum Gasteiger partial charge on any atom is 0.422 e. The number of aliphatic hydroxyl groups is 1. The lowest BCUT2D eigenvalue weighted by atomic mass is 9.85.